The van der Waals surface area contributed by atoms with E-state index in [1.807, 2.05) is 0 Å². The van der Waals surface area contributed by atoms with Crippen LogP contribution in [-0.4, -0.2) is 30.1 Å². The average molecular weight is 282 g/mol. The smallest absolute Gasteiger partial charge is 0.325 e. The third kappa shape index (κ3) is 4.97. The zero-order valence-electron chi connectivity index (χ0n) is 11.6. The van der Waals surface area contributed by atoms with Gasteiger partial charge in [0.15, 0.2) is 0 Å². The number of hydrogen-bond donors (Lipinski definition) is 3. The molecule has 20 heavy (non-hydrogen) atoms. The van der Waals surface area contributed by atoms with Gasteiger partial charge in [0.2, 0.25) is 5.91 Å². The highest BCUT2D eigenvalue weighted by molar-refractivity contribution is 5.75. The standard InChI is InChI=1S/C14H19FN2O3/c1-9-8-11(4-5-12(9)15)13(14(19)20)17-7-3-6-16-10(2)18/h4-5,8,13,17H,3,6-7H2,1-2H3,(H,16,18)(H,19,20). The molecule has 1 unspecified atom stereocenters. The van der Waals surface area contributed by atoms with Crippen LogP contribution < -0.4 is 10.6 Å². The summed E-state index contributed by atoms with van der Waals surface area (Å²) < 4.78 is 13.2. The van der Waals surface area contributed by atoms with Gasteiger partial charge in [-0.15, -0.1) is 0 Å². The number of benzene rings is 1. The Morgan fingerprint density at radius 3 is 2.60 bits per heavy atom. The minimum absolute atomic E-state index is 0.117. The number of nitrogens with one attached hydrogen (secondary N) is 2. The third-order valence-corrected chi connectivity index (χ3v) is 2.84. The summed E-state index contributed by atoms with van der Waals surface area (Å²) in [4.78, 5) is 21.9. The Kier molecular flexibility index (Phi) is 6.11. The van der Waals surface area contributed by atoms with Crippen LogP contribution >= 0.6 is 0 Å². The molecule has 0 saturated carbocycles. The van der Waals surface area contributed by atoms with Gasteiger partial charge in [-0.25, -0.2) is 4.39 Å². The second-order valence-electron chi connectivity index (χ2n) is 4.57. The molecule has 3 N–H and O–H groups in total. The molecule has 0 fully saturated rings. The van der Waals surface area contributed by atoms with Crippen molar-refractivity contribution < 1.29 is 19.1 Å². The molecule has 1 aromatic rings. The molecule has 1 aromatic carbocycles. The summed E-state index contributed by atoms with van der Waals surface area (Å²) in [6.45, 7) is 3.94. The van der Waals surface area contributed by atoms with E-state index in [-0.39, 0.29) is 11.7 Å². The van der Waals surface area contributed by atoms with Gasteiger partial charge in [0.25, 0.3) is 0 Å². The van der Waals surface area contributed by atoms with Crippen LogP contribution in [0.1, 0.15) is 30.5 Å². The maximum absolute atomic E-state index is 13.2. The van der Waals surface area contributed by atoms with Crippen molar-refractivity contribution in [3.63, 3.8) is 0 Å². The maximum Gasteiger partial charge on any atom is 0.325 e. The van der Waals surface area contributed by atoms with Gasteiger partial charge < -0.3 is 15.7 Å². The molecule has 1 rings (SSSR count). The van der Waals surface area contributed by atoms with E-state index in [2.05, 4.69) is 10.6 Å². The van der Waals surface area contributed by atoms with E-state index in [1.54, 1.807) is 6.92 Å². The van der Waals surface area contributed by atoms with Gasteiger partial charge in [-0.1, -0.05) is 12.1 Å². The Labute approximate surface area is 117 Å². The largest absolute Gasteiger partial charge is 0.480 e. The monoisotopic (exact) mass is 282 g/mol. The van der Waals surface area contributed by atoms with Crippen LogP contribution in [0.2, 0.25) is 0 Å². The lowest BCUT2D eigenvalue weighted by Crippen LogP contribution is -2.31. The van der Waals surface area contributed by atoms with Gasteiger partial charge in [-0.2, -0.15) is 0 Å². The molecule has 0 heterocycles. The van der Waals surface area contributed by atoms with Crippen molar-refractivity contribution in [2.75, 3.05) is 13.1 Å². The summed E-state index contributed by atoms with van der Waals surface area (Å²) in [5.74, 6) is -1.49. The molecule has 0 bridgehead atoms. The Morgan fingerprint density at radius 2 is 2.05 bits per heavy atom. The fraction of sp³-hybridized carbons (Fsp3) is 0.429. The highest BCUT2D eigenvalue weighted by Crippen LogP contribution is 2.17. The molecule has 0 aliphatic rings. The summed E-state index contributed by atoms with van der Waals surface area (Å²) in [7, 11) is 0. The quantitative estimate of drug-likeness (QED) is 0.660. The number of carboxylic acids is 1. The van der Waals surface area contributed by atoms with E-state index in [4.69, 9.17) is 0 Å². The lowest BCUT2D eigenvalue weighted by molar-refractivity contribution is -0.139. The highest BCUT2D eigenvalue weighted by atomic mass is 19.1. The number of aryl methyl sites for hydroxylation is 1. The van der Waals surface area contributed by atoms with Gasteiger partial charge in [0.1, 0.15) is 11.9 Å². The number of amides is 1. The SMILES string of the molecule is CC(=O)NCCCNC(C(=O)O)c1ccc(F)c(C)c1. The fourth-order valence-electron chi connectivity index (χ4n) is 1.79. The first-order chi connectivity index (χ1) is 9.41. The summed E-state index contributed by atoms with van der Waals surface area (Å²) in [5.41, 5.74) is 0.921. The lowest BCUT2D eigenvalue weighted by atomic mass is 10.0. The molecule has 0 radical (unpaired) electrons. The van der Waals surface area contributed by atoms with E-state index in [9.17, 15) is 19.1 Å². The number of rotatable bonds is 7. The van der Waals surface area contributed by atoms with Crippen molar-refractivity contribution >= 4 is 11.9 Å². The number of carboxylic acid groups (broad SMARTS) is 1. The maximum atomic E-state index is 13.2. The Bertz CT molecular complexity index is 491. The number of carbonyl (C=O) groups excluding carboxylic acids is 1. The highest BCUT2D eigenvalue weighted by Gasteiger charge is 2.19. The van der Waals surface area contributed by atoms with Crippen molar-refractivity contribution in [2.45, 2.75) is 26.3 Å². The van der Waals surface area contributed by atoms with Crippen LogP contribution in [0.5, 0.6) is 0 Å². The third-order valence-electron chi connectivity index (χ3n) is 2.84. The van der Waals surface area contributed by atoms with E-state index in [0.29, 0.717) is 30.6 Å². The second-order valence-corrected chi connectivity index (χ2v) is 4.57. The first-order valence-electron chi connectivity index (χ1n) is 6.38. The van der Waals surface area contributed by atoms with Crippen LogP contribution in [0.4, 0.5) is 4.39 Å². The molecule has 1 amide bonds. The van der Waals surface area contributed by atoms with Gasteiger partial charge in [0.05, 0.1) is 0 Å². The predicted molar refractivity (Wildman–Crippen MR) is 72.8 cm³/mol. The molecule has 5 nitrogen and oxygen atoms in total. The van der Waals surface area contributed by atoms with E-state index in [1.165, 1.54) is 25.1 Å². The van der Waals surface area contributed by atoms with E-state index in [0.717, 1.165) is 0 Å². The molecule has 0 aliphatic heterocycles. The molecule has 0 saturated heterocycles. The molecule has 0 aromatic heterocycles. The van der Waals surface area contributed by atoms with Gasteiger partial charge in [0, 0.05) is 13.5 Å². The molecular formula is C14H19FN2O3. The zero-order valence-corrected chi connectivity index (χ0v) is 11.6. The molecular weight excluding hydrogens is 263 g/mol. The Balaban J connectivity index is 2.58. The minimum Gasteiger partial charge on any atom is -0.480 e. The first kappa shape index (κ1) is 16.1. The number of hydrogen-bond acceptors (Lipinski definition) is 3. The first-order valence-corrected chi connectivity index (χ1v) is 6.38. The van der Waals surface area contributed by atoms with Crippen LogP contribution in [0, 0.1) is 12.7 Å². The van der Waals surface area contributed by atoms with Gasteiger partial charge in [-0.05, 0) is 37.1 Å². The summed E-state index contributed by atoms with van der Waals surface area (Å²) in [5, 5.41) is 14.7. The van der Waals surface area contributed by atoms with Crippen LogP contribution in [-0.2, 0) is 9.59 Å². The molecule has 1 atom stereocenters. The fourth-order valence-corrected chi connectivity index (χ4v) is 1.79. The molecule has 0 aliphatic carbocycles. The normalized spacial score (nSPS) is 11.9. The molecule has 0 spiro atoms. The van der Waals surface area contributed by atoms with Crippen molar-refractivity contribution in [3.8, 4) is 0 Å². The van der Waals surface area contributed by atoms with E-state index >= 15 is 0 Å². The predicted octanol–water partition coefficient (Wildman–Crippen LogP) is 1.38. The topological polar surface area (TPSA) is 78.4 Å². The zero-order chi connectivity index (χ0) is 15.1. The Morgan fingerprint density at radius 1 is 1.35 bits per heavy atom. The van der Waals surface area contributed by atoms with Crippen molar-refractivity contribution in [1.29, 1.82) is 0 Å². The Hall–Kier alpha value is -1.95. The molecule has 6 heteroatoms. The van der Waals surface area contributed by atoms with E-state index < -0.39 is 12.0 Å². The summed E-state index contributed by atoms with van der Waals surface area (Å²) in [6, 6.07) is 3.36. The summed E-state index contributed by atoms with van der Waals surface area (Å²) in [6.07, 6.45) is 0.615. The van der Waals surface area contributed by atoms with Crippen LogP contribution in [0.15, 0.2) is 18.2 Å². The van der Waals surface area contributed by atoms with Gasteiger partial charge in [-0.3, -0.25) is 9.59 Å². The number of halogens is 1. The van der Waals surface area contributed by atoms with Gasteiger partial charge >= 0.3 is 5.97 Å². The molecule has 110 valence electrons. The lowest BCUT2D eigenvalue weighted by Gasteiger charge is -2.15. The summed E-state index contributed by atoms with van der Waals surface area (Å²) >= 11 is 0. The van der Waals surface area contributed by atoms with Crippen molar-refractivity contribution in [3.05, 3.63) is 35.1 Å². The van der Waals surface area contributed by atoms with Crippen LogP contribution in [0.25, 0.3) is 0 Å². The van der Waals surface area contributed by atoms with Crippen molar-refractivity contribution in [1.82, 2.24) is 10.6 Å². The second kappa shape index (κ2) is 7.59. The van der Waals surface area contributed by atoms with Crippen molar-refractivity contribution in [2.24, 2.45) is 0 Å². The number of carbonyl (C=O) groups is 2. The average Bonchev–Trinajstić information content (AvgIpc) is 2.36. The number of aliphatic carboxylic acids is 1. The van der Waals surface area contributed by atoms with Crippen LogP contribution in [0.3, 0.4) is 0 Å². The minimum atomic E-state index is -1.02.